The first kappa shape index (κ1) is 21.6. The highest BCUT2D eigenvalue weighted by molar-refractivity contribution is 7.26. The van der Waals surface area contributed by atoms with Crippen LogP contribution in [0.15, 0.2) is 109 Å². The maximum absolute atomic E-state index is 4.93. The fourth-order valence-electron chi connectivity index (χ4n) is 4.79. The van der Waals surface area contributed by atoms with Gasteiger partial charge in [0.05, 0.1) is 27.4 Å². The van der Waals surface area contributed by atoms with Gasteiger partial charge in [0.1, 0.15) is 0 Å². The number of hydrogen-bond acceptors (Lipinski definition) is 2. The van der Waals surface area contributed by atoms with Crippen LogP contribution in [0.3, 0.4) is 0 Å². The molecule has 0 atom stereocenters. The Labute approximate surface area is 209 Å². The van der Waals surface area contributed by atoms with Crippen LogP contribution < -0.4 is 0 Å². The summed E-state index contributed by atoms with van der Waals surface area (Å²) in [6, 6.07) is 36.6. The Kier molecular flexibility index (Phi) is 5.55. The van der Waals surface area contributed by atoms with Crippen molar-refractivity contribution < 1.29 is 0 Å². The number of aromatic nitrogens is 2. The lowest BCUT2D eigenvalue weighted by molar-refractivity contribution is 1.09. The van der Waals surface area contributed by atoms with Crippen molar-refractivity contribution >= 4 is 53.4 Å². The third-order valence-corrected chi connectivity index (χ3v) is 7.43. The molecule has 0 saturated carbocycles. The molecule has 0 fully saturated rings. The lowest BCUT2D eigenvalue weighted by Gasteiger charge is -2.09. The van der Waals surface area contributed by atoms with E-state index in [4.69, 9.17) is 4.98 Å². The number of benzene rings is 4. The summed E-state index contributed by atoms with van der Waals surface area (Å²) in [5.41, 5.74) is 7.06. The van der Waals surface area contributed by atoms with Crippen molar-refractivity contribution in [3.05, 3.63) is 109 Å². The lowest BCUT2D eigenvalue weighted by atomic mass is 10.1. The highest BCUT2D eigenvalue weighted by atomic mass is 32.1. The molecule has 7 aromatic rings. The Bertz CT molecular complexity index is 1770. The van der Waals surface area contributed by atoms with Crippen molar-refractivity contribution in [3.8, 4) is 16.8 Å². The van der Waals surface area contributed by atoms with Crippen molar-refractivity contribution in [2.75, 3.05) is 0 Å². The second-order valence-electron chi connectivity index (χ2n) is 8.77. The molecule has 0 bridgehead atoms. The molecular formula is C32H26N2S. The van der Waals surface area contributed by atoms with Crippen LogP contribution in [-0.2, 0) is 0 Å². The van der Waals surface area contributed by atoms with Crippen molar-refractivity contribution in [2.45, 2.75) is 20.3 Å². The molecule has 0 aliphatic heterocycles. The van der Waals surface area contributed by atoms with Gasteiger partial charge in [0.15, 0.2) is 0 Å². The van der Waals surface area contributed by atoms with E-state index in [0.29, 0.717) is 0 Å². The van der Waals surface area contributed by atoms with E-state index in [-0.39, 0.29) is 0 Å². The number of thiophene rings is 1. The van der Waals surface area contributed by atoms with Crippen LogP contribution in [0.1, 0.15) is 20.3 Å². The minimum Gasteiger partial charge on any atom is -0.308 e. The van der Waals surface area contributed by atoms with E-state index in [1.807, 2.05) is 17.5 Å². The maximum atomic E-state index is 4.93. The zero-order valence-electron chi connectivity index (χ0n) is 19.9. The molecule has 35 heavy (non-hydrogen) atoms. The average molecular weight is 471 g/mol. The lowest BCUT2D eigenvalue weighted by Crippen LogP contribution is -1.94. The Morgan fingerprint density at radius 1 is 0.657 bits per heavy atom. The van der Waals surface area contributed by atoms with Gasteiger partial charge in [-0.3, -0.25) is 4.98 Å². The van der Waals surface area contributed by atoms with E-state index in [1.165, 1.54) is 48.6 Å². The first-order chi connectivity index (χ1) is 17.3. The summed E-state index contributed by atoms with van der Waals surface area (Å²) in [7, 11) is 0. The van der Waals surface area contributed by atoms with E-state index >= 15 is 0 Å². The van der Waals surface area contributed by atoms with Crippen LogP contribution in [0.2, 0.25) is 0 Å². The number of pyridine rings is 1. The van der Waals surface area contributed by atoms with E-state index in [1.54, 1.807) is 0 Å². The van der Waals surface area contributed by atoms with Gasteiger partial charge in [-0.15, -0.1) is 11.3 Å². The highest BCUT2D eigenvalue weighted by Crippen LogP contribution is 2.42. The Hall–Kier alpha value is -3.95. The zero-order valence-corrected chi connectivity index (χ0v) is 20.7. The van der Waals surface area contributed by atoms with Gasteiger partial charge in [-0.1, -0.05) is 99.1 Å². The third-order valence-electron chi connectivity index (χ3n) is 6.26. The standard InChI is InChI=1S/C29H18N2S.C3H8/c1-2-8-19(9-3-1)20-14-16-21(17-15-20)31-24-12-6-4-10-22(24)27-25(31)18-30-28-23-11-5-7-13-26(23)32-29(27)28;1-3-2/h1-18H;3H2,1-2H3. The number of fused-ring (bicyclic) bond motifs is 7. The second-order valence-corrected chi connectivity index (χ2v) is 9.82. The molecule has 0 spiro atoms. The normalized spacial score (nSPS) is 11.3. The SMILES string of the molecule is CCC.c1ccc(-c2ccc(-n3c4ccccc4c4c5sc6ccccc6c5ncc43)cc2)cc1. The molecule has 0 aliphatic rings. The van der Waals surface area contributed by atoms with Gasteiger partial charge in [0.25, 0.3) is 0 Å². The van der Waals surface area contributed by atoms with Crippen LogP contribution in [-0.4, -0.2) is 9.55 Å². The van der Waals surface area contributed by atoms with Crippen LogP contribution >= 0.6 is 11.3 Å². The molecule has 4 aromatic carbocycles. The van der Waals surface area contributed by atoms with Gasteiger partial charge < -0.3 is 4.57 Å². The molecule has 0 unspecified atom stereocenters. The zero-order chi connectivity index (χ0) is 23.8. The highest BCUT2D eigenvalue weighted by Gasteiger charge is 2.17. The molecule has 170 valence electrons. The maximum Gasteiger partial charge on any atom is 0.0896 e. The second kappa shape index (κ2) is 9.01. The Morgan fingerprint density at radius 3 is 2.06 bits per heavy atom. The molecule has 7 rings (SSSR count). The van der Waals surface area contributed by atoms with E-state index in [9.17, 15) is 0 Å². The minimum atomic E-state index is 1.10. The van der Waals surface area contributed by atoms with Crippen LogP contribution in [0, 0.1) is 0 Å². The molecule has 3 heterocycles. The molecule has 0 aliphatic carbocycles. The molecule has 0 radical (unpaired) electrons. The summed E-state index contributed by atoms with van der Waals surface area (Å²) < 4.78 is 4.89. The van der Waals surface area contributed by atoms with E-state index in [0.717, 1.165) is 16.7 Å². The quantitative estimate of drug-likeness (QED) is 0.246. The number of rotatable bonds is 2. The minimum absolute atomic E-state index is 1.10. The topological polar surface area (TPSA) is 17.8 Å². The first-order valence-corrected chi connectivity index (χ1v) is 13.0. The van der Waals surface area contributed by atoms with Crippen LogP contribution in [0.5, 0.6) is 0 Å². The Morgan fingerprint density at radius 2 is 1.29 bits per heavy atom. The summed E-state index contributed by atoms with van der Waals surface area (Å²) in [4.78, 5) is 4.93. The number of nitrogens with zero attached hydrogens (tertiary/aromatic N) is 2. The molecule has 3 aromatic heterocycles. The van der Waals surface area contributed by atoms with Crippen molar-refractivity contribution in [3.63, 3.8) is 0 Å². The Balaban J connectivity index is 0.000000727. The van der Waals surface area contributed by atoms with Crippen LogP contribution in [0.25, 0.3) is 58.9 Å². The van der Waals surface area contributed by atoms with Gasteiger partial charge in [-0.05, 0) is 35.4 Å². The van der Waals surface area contributed by atoms with Gasteiger partial charge in [0.2, 0.25) is 0 Å². The summed E-state index contributed by atoms with van der Waals surface area (Å²) in [5.74, 6) is 0. The van der Waals surface area contributed by atoms with Crippen LogP contribution in [0.4, 0.5) is 0 Å². The summed E-state index contributed by atoms with van der Waals surface area (Å²) >= 11 is 1.84. The van der Waals surface area contributed by atoms with Crippen molar-refractivity contribution in [1.29, 1.82) is 0 Å². The summed E-state index contributed by atoms with van der Waals surface area (Å²) in [6.45, 7) is 4.25. The predicted octanol–water partition coefficient (Wildman–Crippen LogP) is 9.63. The molecule has 2 nitrogen and oxygen atoms in total. The van der Waals surface area contributed by atoms with Gasteiger partial charge in [-0.2, -0.15) is 0 Å². The third kappa shape index (κ3) is 3.60. The average Bonchev–Trinajstić information content (AvgIpc) is 3.45. The largest absolute Gasteiger partial charge is 0.308 e. The summed E-state index contributed by atoms with van der Waals surface area (Å²) in [5, 5.41) is 3.80. The summed E-state index contributed by atoms with van der Waals surface area (Å²) in [6.07, 6.45) is 3.29. The molecule has 0 amide bonds. The van der Waals surface area contributed by atoms with E-state index in [2.05, 4.69) is 122 Å². The van der Waals surface area contributed by atoms with Crippen molar-refractivity contribution in [1.82, 2.24) is 9.55 Å². The molecule has 3 heteroatoms. The van der Waals surface area contributed by atoms with E-state index < -0.39 is 0 Å². The number of hydrogen-bond donors (Lipinski definition) is 0. The van der Waals surface area contributed by atoms with Gasteiger partial charge in [0, 0.05) is 26.5 Å². The van der Waals surface area contributed by atoms with Gasteiger partial charge >= 0.3 is 0 Å². The fourth-order valence-corrected chi connectivity index (χ4v) is 6.00. The number of para-hydroxylation sites is 1. The monoisotopic (exact) mass is 470 g/mol. The van der Waals surface area contributed by atoms with Crippen molar-refractivity contribution in [2.24, 2.45) is 0 Å². The van der Waals surface area contributed by atoms with Gasteiger partial charge in [-0.25, -0.2) is 0 Å². The first-order valence-electron chi connectivity index (χ1n) is 12.2. The smallest absolute Gasteiger partial charge is 0.0896 e. The molecule has 0 N–H and O–H groups in total. The molecule has 0 saturated heterocycles. The predicted molar refractivity (Wildman–Crippen MR) is 153 cm³/mol. The fraction of sp³-hybridized carbons (Fsp3) is 0.0938. The molecular weight excluding hydrogens is 444 g/mol.